The molecule has 0 spiro atoms. The third-order valence-corrected chi connectivity index (χ3v) is 3.06. The molecular weight excluding hydrogens is 320 g/mol. The molecule has 0 amide bonds. The molecule has 86 valence electrons. The number of H-pyrrole nitrogens is 1. The summed E-state index contributed by atoms with van der Waals surface area (Å²) < 4.78 is 16.0. The predicted molar refractivity (Wildman–Crippen MR) is 63.7 cm³/mol. The van der Waals surface area contributed by atoms with Crippen molar-refractivity contribution >= 4 is 46.3 Å². The first kappa shape index (κ1) is 12.0. The topological polar surface area (TPSA) is 82.6 Å². The van der Waals surface area contributed by atoms with Gasteiger partial charge in [0.15, 0.2) is 10.9 Å². The molecule has 2 rings (SSSR count). The Morgan fingerprint density at radius 2 is 2.12 bits per heavy atom. The molecule has 0 fully saturated rings. The van der Waals surface area contributed by atoms with Gasteiger partial charge in [-0.1, -0.05) is 27.5 Å². The number of phosphoric ester groups is 1. The first-order chi connectivity index (χ1) is 7.37. The average molecular weight is 326 g/mol. The van der Waals surface area contributed by atoms with Crippen LogP contribution < -0.4 is 4.52 Å². The van der Waals surface area contributed by atoms with E-state index in [4.69, 9.17) is 21.4 Å². The molecule has 0 saturated heterocycles. The number of benzene rings is 1. The summed E-state index contributed by atoms with van der Waals surface area (Å²) in [6, 6.07) is 5.15. The van der Waals surface area contributed by atoms with Crippen LogP contribution in [0.25, 0.3) is 10.9 Å². The van der Waals surface area contributed by atoms with E-state index in [0.717, 1.165) is 4.47 Å². The number of hydrogen-bond donors (Lipinski definition) is 3. The maximum absolute atomic E-state index is 10.8. The molecular formula is C8H6BrClNO4P. The molecule has 0 unspecified atom stereocenters. The summed E-state index contributed by atoms with van der Waals surface area (Å²) in [5.74, 6) is -0.0497. The fraction of sp³-hybridized carbons (Fsp3) is 0. The van der Waals surface area contributed by atoms with E-state index in [1.807, 2.05) is 0 Å². The van der Waals surface area contributed by atoms with Crippen molar-refractivity contribution in [3.05, 3.63) is 27.8 Å². The number of phosphoric acid groups is 1. The highest BCUT2D eigenvalue weighted by atomic mass is 79.9. The number of hydrogen-bond acceptors (Lipinski definition) is 2. The zero-order chi connectivity index (χ0) is 11.9. The van der Waals surface area contributed by atoms with Gasteiger partial charge in [0, 0.05) is 9.86 Å². The van der Waals surface area contributed by atoms with Crippen molar-refractivity contribution in [3.8, 4) is 5.75 Å². The van der Waals surface area contributed by atoms with Gasteiger partial charge >= 0.3 is 7.82 Å². The Morgan fingerprint density at radius 3 is 2.75 bits per heavy atom. The summed E-state index contributed by atoms with van der Waals surface area (Å²) in [4.78, 5) is 20.2. The van der Waals surface area contributed by atoms with Crippen molar-refractivity contribution < 1.29 is 18.9 Å². The Kier molecular flexibility index (Phi) is 3.03. The van der Waals surface area contributed by atoms with Crippen LogP contribution in [-0.2, 0) is 4.57 Å². The third kappa shape index (κ3) is 2.42. The van der Waals surface area contributed by atoms with Crippen molar-refractivity contribution in [2.75, 3.05) is 0 Å². The van der Waals surface area contributed by atoms with Crippen LogP contribution in [-0.4, -0.2) is 14.8 Å². The van der Waals surface area contributed by atoms with E-state index in [1.54, 1.807) is 18.2 Å². The molecule has 1 heterocycles. The van der Waals surface area contributed by atoms with E-state index < -0.39 is 7.82 Å². The molecule has 0 bridgehead atoms. The molecule has 16 heavy (non-hydrogen) atoms. The van der Waals surface area contributed by atoms with Crippen molar-refractivity contribution in [1.29, 1.82) is 0 Å². The van der Waals surface area contributed by atoms with Crippen LogP contribution in [0.3, 0.4) is 0 Å². The standard InChI is InChI=1S/C8H6BrClNO4P/c9-4-1-2-6-5(3-4)7(8(10)11-6)15-16(12,13)14/h1-3,11H,(H2,12,13,14). The van der Waals surface area contributed by atoms with E-state index >= 15 is 0 Å². The lowest BCUT2D eigenvalue weighted by Gasteiger charge is -2.05. The highest BCUT2D eigenvalue weighted by Crippen LogP contribution is 2.45. The van der Waals surface area contributed by atoms with Gasteiger partial charge in [-0.15, -0.1) is 0 Å². The number of fused-ring (bicyclic) bond motifs is 1. The second-order valence-electron chi connectivity index (χ2n) is 3.04. The number of rotatable bonds is 2. The maximum Gasteiger partial charge on any atom is 0.524 e. The van der Waals surface area contributed by atoms with Gasteiger partial charge in [0.25, 0.3) is 0 Å². The number of aromatic amines is 1. The van der Waals surface area contributed by atoms with Crippen LogP contribution in [0.5, 0.6) is 5.75 Å². The summed E-state index contributed by atoms with van der Waals surface area (Å²) in [7, 11) is -4.62. The lowest BCUT2D eigenvalue weighted by Crippen LogP contribution is -1.89. The Hall–Kier alpha value is -0.520. The summed E-state index contributed by atoms with van der Waals surface area (Å²) in [5.41, 5.74) is 0.636. The molecule has 0 radical (unpaired) electrons. The second kappa shape index (κ2) is 4.05. The van der Waals surface area contributed by atoms with Crippen LogP contribution >= 0.6 is 35.4 Å². The lowest BCUT2D eigenvalue weighted by molar-refractivity contribution is 0.284. The van der Waals surface area contributed by atoms with Gasteiger partial charge in [0.2, 0.25) is 0 Å². The van der Waals surface area contributed by atoms with Gasteiger partial charge in [-0.25, -0.2) is 4.57 Å². The number of nitrogens with one attached hydrogen (secondary N) is 1. The van der Waals surface area contributed by atoms with Gasteiger partial charge in [-0.2, -0.15) is 0 Å². The van der Waals surface area contributed by atoms with Crippen molar-refractivity contribution in [2.45, 2.75) is 0 Å². The molecule has 0 saturated carbocycles. The fourth-order valence-electron chi connectivity index (χ4n) is 1.31. The zero-order valence-electron chi connectivity index (χ0n) is 7.65. The van der Waals surface area contributed by atoms with Gasteiger partial charge < -0.3 is 9.51 Å². The lowest BCUT2D eigenvalue weighted by atomic mass is 10.2. The first-order valence-corrected chi connectivity index (χ1v) is 6.79. The van der Waals surface area contributed by atoms with Crippen LogP contribution in [0.15, 0.2) is 22.7 Å². The predicted octanol–water partition coefficient (Wildman–Crippen LogP) is 3.06. The fourth-order valence-corrected chi connectivity index (χ4v) is 2.40. The quantitative estimate of drug-likeness (QED) is 0.741. The number of halogens is 2. The molecule has 5 nitrogen and oxygen atoms in total. The zero-order valence-corrected chi connectivity index (χ0v) is 10.9. The van der Waals surface area contributed by atoms with Gasteiger partial charge in [0.1, 0.15) is 0 Å². The molecule has 1 aromatic heterocycles. The van der Waals surface area contributed by atoms with E-state index in [0.29, 0.717) is 10.9 Å². The number of aromatic nitrogens is 1. The Balaban J connectivity index is 2.63. The van der Waals surface area contributed by atoms with Crippen LogP contribution in [0, 0.1) is 0 Å². The summed E-state index contributed by atoms with van der Waals surface area (Å²) in [6.45, 7) is 0. The minimum atomic E-state index is -4.62. The SMILES string of the molecule is O=P(O)(O)Oc1c(Cl)[nH]c2ccc(Br)cc12. The van der Waals surface area contributed by atoms with E-state index in [9.17, 15) is 4.57 Å². The molecule has 8 heteroatoms. The Labute approximate surface area is 104 Å². The average Bonchev–Trinajstić information content (AvgIpc) is 2.42. The van der Waals surface area contributed by atoms with Crippen LogP contribution in [0.2, 0.25) is 5.15 Å². The van der Waals surface area contributed by atoms with E-state index in [2.05, 4.69) is 25.4 Å². The van der Waals surface area contributed by atoms with Crippen molar-refractivity contribution in [2.24, 2.45) is 0 Å². The van der Waals surface area contributed by atoms with Gasteiger partial charge in [-0.3, -0.25) is 9.79 Å². The highest BCUT2D eigenvalue weighted by Gasteiger charge is 2.21. The minimum absolute atomic E-state index is 0.0497. The molecule has 0 atom stereocenters. The summed E-state index contributed by atoms with van der Waals surface area (Å²) >= 11 is 9.04. The molecule has 0 aliphatic heterocycles. The Morgan fingerprint density at radius 1 is 1.44 bits per heavy atom. The third-order valence-electron chi connectivity index (χ3n) is 1.88. The maximum atomic E-state index is 10.8. The summed E-state index contributed by atoms with van der Waals surface area (Å²) in [6.07, 6.45) is 0. The molecule has 0 aliphatic carbocycles. The van der Waals surface area contributed by atoms with Gasteiger partial charge in [0.05, 0.1) is 5.52 Å². The van der Waals surface area contributed by atoms with Crippen LogP contribution in [0.1, 0.15) is 0 Å². The molecule has 2 aromatic rings. The van der Waals surface area contributed by atoms with Gasteiger partial charge in [-0.05, 0) is 18.2 Å². The van der Waals surface area contributed by atoms with Crippen LogP contribution in [0.4, 0.5) is 0 Å². The smallest absolute Gasteiger partial charge is 0.400 e. The van der Waals surface area contributed by atoms with Crippen molar-refractivity contribution in [1.82, 2.24) is 4.98 Å². The van der Waals surface area contributed by atoms with Crippen molar-refractivity contribution in [3.63, 3.8) is 0 Å². The molecule has 1 aromatic carbocycles. The highest BCUT2D eigenvalue weighted by molar-refractivity contribution is 9.10. The van der Waals surface area contributed by atoms with E-state index in [1.165, 1.54) is 0 Å². The van der Waals surface area contributed by atoms with E-state index in [-0.39, 0.29) is 10.9 Å². The first-order valence-electron chi connectivity index (χ1n) is 4.09. The normalized spacial score (nSPS) is 12.0. The monoisotopic (exact) mass is 325 g/mol. The minimum Gasteiger partial charge on any atom is -0.400 e. The summed E-state index contributed by atoms with van der Waals surface area (Å²) in [5, 5.41) is 0.555. The molecule has 3 N–H and O–H groups in total. The second-order valence-corrected chi connectivity index (χ2v) is 5.50. The largest absolute Gasteiger partial charge is 0.524 e. The Bertz CT molecular complexity index is 593. The molecule has 0 aliphatic rings.